The Hall–Kier alpha value is -3.74. The number of hydrogen-bond acceptors (Lipinski definition) is 6. The van der Waals surface area contributed by atoms with Gasteiger partial charge in [0.05, 0.1) is 26.4 Å². The van der Waals surface area contributed by atoms with Crippen molar-refractivity contribution in [2.24, 2.45) is 23.7 Å². The summed E-state index contributed by atoms with van der Waals surface area (Å²) in [6.45, 7) is 21.2. The highest BCUT2D eigenvalue weighted by molar-refractivity contribution is 7.19. The zero-order valence-electron chi connectivity index (χ0n) is 40.7. The van der Waals surface area contributed by atoms with E-state index in [0.717, 1.165) is 48.7 Å². The van der Waals surface area contributed by atoms with Crippen LogP contribution < -0.4 is 18.9 Å². The van der Waals surface area contributed by atoms with E-state index >= 15 is 0 Å². The number of unbranched alkanes of at least 4 members (excludes halogenated alkanes) is 4. The van der Waals surface area contributed by atoms with E-state index in [4.69, 9.17) is 18.9 Å². The lowest BCUT2D eigenvalue weighted by Crippen LogP contribution is -2.14. The SMILES string of the molecule is CCCCC(CC)COc1cc2c(cc1OCC(CC)CCCC)c1ccsc1c1cc3c(cc21)c1cc(OCC(CC)CCCC)c(OCC(CC)CCCC)cc1c1ccsc13. The first-order chi connectivity index (χ1) is 31.4. The van der Waals surface area contributed by atoms with Crippen molar-refractivity contribution in [1.29, 1.82) is 0 Å². The fraction of sp³-hybridized carbons (Fsp3) is 0.552. The number of benzene rings is 5. The monoisotopic (exact) mass is 903 g/mol. The van der Waals surface area contributed by atoms with Crippen molar-refractivity contribution < 1.29 is 18.9 Å². The fourth-order valence-electron chi connectivity index (χ4n) is 9.77. The maximum Gasteiger partial charge on any atom is 0.161 e. The summed E-state index contributed by atoms with van der Waals surface area (Å²) >= 11 is 3.69. The minimum atomic E-state index is 0.518. The Kier molecular flexibility index (Phi) is 17.8. The van der Waals surface area contributed by atoms with Gasteiger partial charge in [0, 0.05) is 30.9 Å². The molecule has 0 radical (unpaired) electrons. The third-order valence-corrected chi connectivity index (χ3v) is 16.3. The third kappa shape index (κ3) is 10.9. The standard InChI is InChI=1S/C58H78O4S2/c1-9-17-21-39(13-5)35-59-53-31-47-43-25-27-63-57(43)51-30-52-46(29-45(51)49(47)33-55(53)61-37-41(15-7)23-19-11-3)50-34-56(62-38-42(16-8)24-20-12-4)54(60-36-40(14-6)22-18-10-2)32-48(50)44-26-28-64-58(44)52/h25-34,39-42H,9-24,35-38H2,1-8H3. The van der Waals surface area contributed by atoms with Crippen LogP contribution in [0.1, 0.15) is 158 Å². The lowest BCUT2D eigenvalue weighted by atomic mass is 9.92. The summed E-state index contributed by atoms with van der Waals surface area (Å²) in [5.74, 6) is 5.60. The van der Waals surface area contributed by atoms with Crippen LogP contribution in [0.3, 0.4) is 0 Å². The molecule has 0 spiro atoms. The van der Waals surface area contributed by atoms with Gasteiger partial charge in [0.25, 0.3) is 0 Å². The van der Waals surface area contributed by atoms with Gasteiger partial charge in [-0.2, -0.15) is 0 Å². The van der Waals surface area contributed by atoms with Gasteiger partial charge in [-0.3, -0.25) is 0 Å². The van der Waals surface area contributed by atoms with Crippen LogP contribution >= 0.6 is 22.7 Å². The molecule has 6 heteroatoms. The molecule has 7 aromatic rings. The van der Waals surface area contributed by atoms with Gasteiger partial charge in [-0.15, -0.1) is 22.7 Å². The average molecular weight is 903 g/mol. The maximum atomic E-state index is 6.92. The van der Waals surface area contributed by atoms with Crippen LogP contribution in [-0.2, 0) is 0 Å². The molecule has 5 aromatic carbocycles. The molecule has 2 aromatic heterocycles. The summed E-state index contributed by atoms with van der Waals surface area (Å²) in [5.41, 5.74) is 0. The molecule has 2 heterocycles. The van der Waals surface area contributed by atoms with E-state index in [1.54, 1.807) is 0 Å². The van der Waals surface area contributed by atoms with Crippen LogP contribution in [0.25, 0.3) is 63.3 Å². The summed E-state index contributed by atoms with van der Waals surface area (Å²) in [6, 6.07) is 18.9. The molecular formula is C58H78O4S2. The van der Waals surface area contributed by atoms with E-state index in [2.05, 4.69) is 115 Å². The van der Waals surface area contributed by atoms with Crippen LogP contribution in [-0.4, -0.2) is 26.4 Å². The van der Waals surface area contributed by atoms with E-state index in [9.17, 15) is 0 Å². The van der Waals surface area contributed by atoms with Gasteiger partial charge in [0.2, 0.25) is 0 Å². The van der Waals surface area contributed by atoms with Gasteiger partial charge in [0.1, 0.15) is 0 Å². The number of ether oxygens (including phenoxy) is 4. The molecule has 346 valence electrons. The molecule has 7 rings (SSSR count). The van der Waals surface area contributed by atoms with Crippen LogP contribution in [0.4, 0.5) is 0 Å². The molecule has 0 fully saturated rings. The van der Waals surface area contributed by atoms with Gasteiger partial charge in [-0.1, -0.05) is 132 Å². The largest absolute Gasteiger partial charge is 0.489 e. The molecule has 0 amide bonds. The fourth-order valence-corrected chi connectivity index (χ4v) is 11.6. The van der Waals surface area contributed by atoms with Crippen molar-refractivity contribution in [3.05, 3.63) is 59.3 Å². The Morgan fingerprint density at radius 3 is 0.891 bits per heavy atom. The van der Waals surface area contributed by atoms with Crippen molar-refractivity contribution in [1.82, 2.24) is 0 Å². The normalized spacial score (nSPS) is 14.0. The lowest BCUT2D eigenvalue weighted by Gasteiger charge is -2.22. The smallest absolute Gasteiger partial charge is 0.161 e. The average Bonchev–Trinajstić information content (AvgIpc) is 4.03. The van der Waals surface area contributed by atoms with E-state index in [-0.39, 0.29) is 0 Å². The molecular weight excluding hydrogens is 825 g/mol. The Bertz CT molecular complexity index is 2390. The number of rotatable bonds is 28. The topological polar surface area (TPSA) is 36.9 Å². The van der Waals surface area contributed by atoms with Crippen molar-refractivity contribution in [2.45, 2.75) is 158 Å². The zero-order chi connectivity index (χ0) is 45.0. The second-order valence-electron chi connectivity index (χ2n) is 18.9. The number of hydrogen-bond donors (Lipinski definition) is 0. The maximum absolute atomic E-state index is 6.92. The highest BCUT2D eigenvalue weighted by Gasteiger charge is 2.22. The predicted molar refractivity (Wildman–Crippen MR) is 282 cm³/mol. The Morgan fingerprint density at radius 1 is 0.344 bits per heavy atom. The van der Waals surface area contributed by atoms with Crippen LogP contribution in [0.15, 0.2) is 59.3 Å². The predicted octanol–water partition coefficient (Wildman–Crippen LogP) is 19.1. The summed E-state index contributed by atoms with van der Waals surface area (Å²) in [6.07, 6.45) is 19.0. The van der Waals surface area contributed by atoms with Gasteiger partial charge < -0.3 is 18.9 Å². The van der Waals surface area contributed by atoms with E-state index in [0.29, 0.717) is 50.1 Å². The Balaban J connectivity index is 1.43. The summed E-state index contributed by atoms with van der Waals surface area (Å²) in [7, 11) is 0. The second-order valence-corrected chi connectivity index (χ2v) is 20.7. The molecule has 0 aliphatic rings. The minimum Gasteiger partial charge on any atom is -0.489 e. The third-order valence-electron chi connectivity index (χ3n) is 14.4. The minimum absolute atomic E-state index is 0.518. The van der Waals surface area contributed by atoms with Crippen LogP contribution in [0, 0.1) is 23.7 Å². The highest BCUT2D eigenvalue weighted by atomic mass is 32.1. The Morgan fingerprint density at radius 2 is 0.609 bits per heavy atom. The highest BCUT2D eigenvalue weighted by Crippen LogP contribution is 2.48. The van der Waals surface area contributed by atoms with Crippen LogP contribution in [0.2, 0.25) is 0 Å². The van der Waals surface area contributed by atoms with Gasteiger partial charge in [0.15, 0.2) is 23.0 Å². The van der Waals surface area contributed by atoms with E-state index in [1.807, 2.05) is 22.7 Å². The van der Waals surface area contributed by atoms with Crippen molar-refractivity contribution >= 4 is 85.9 Å². The van der Waals surface area contributed by atoms with Gasteiger partial charge in [-0.05, 0) is 141 Å². The molecule has 0 aliphatic heterocycles. The molecule has 0 N–H and O–H groups in total. The van der Waals surface area contributed by atoms with Crippen molar-refractivity contribution in [3.8, 4) is 23.0 Å². The zero-order valence-corrected chi connectivity index (χ0v) is 42.3. The summed E-state index contributed by atoms with van der Waals surface area (Å²) in [5, 5.41) is 17.1. The molecule has 0 bridgehead atoms. The molecule has 64 heavy (non-hydrogen) atoms. The molecule has 4 unspecified atom stereocenters. The first-order valence-corrected chi connectivity index (χ1v) is 27.4. The molecule has 0 aliphatic carbocycles. The van der Waals surface area contributed by atoms with Gasteiger partial charge in [-0.25, -0.2) is 0 Å². The molecule has 0 saturated heterocycles. The van der Waals surface area contributed by atoms with Crippen molar-refractivity contribution in [2.75, 3.05) is 26.4 Å². The van der Waals surface area contributed by atoms with Gasteiger partial charge >= 0.3 is 0 Å². The quantitative estimate of drug-likeness (QED) is 0.0363. The van der Waals surface area contributed by atoms with Crippen molar-refractivity contribution in [3.63, 3.8) is 0 Å². The first kappa shape index (κ1) is 48.2. The number of thiophene rings is 2. The van der Waals surface area contributed by atoms with E-state index < -0.39 is 0 Å². The number of fused-ring (bicyclic) bond motifs is 12. The summed E-state index contributed by atoms with van der Waals surface area (Å²) in [4.78, 5) is 0. The molecule has 0 saturated carbocycles. The van der Waals surface area contributed by atoms with E-state index in [1.165, 1.54) is 140 Å². The molecule has 4 nitrogen and oxygen atoms in total. The lowest BCUT2D eigenvalue weighted by molar-refractivity contribution is 0.199. The van der Waals surface area contributed by atoms with Crippen LogP contribution in [0.5, 0.6) is 23.0 Å². The molecule has 4 atom stereocenters. The Labute approximate surface area is 393 Å². The second kappa shape index (κ2) is 23.6. The summed E-state index contributed by atoms with van der Waals surface area (Å²) < 4.78 is 30.2. The first-order valence-electron chi connectivity index (χ1n) is 25.6.